The summed E-state index contributed by atoms with van der Waals surface area (Å²) in [7, 11) is 4.29. The lowest BCUT2D eigenvalue weighted by molar-refractivity contribution is -0.238. The molecule has 5 heteroatoms. The highest BCUT2D eigenvalue weighted by Crippen LogP contribution is 2.58. The van der Waals surface area contributed by atoms with Crippen LogP contribution < -0.4 is 0 Å². The summed E-state index contributed by atoms with van der Waals surface area (Å²) >= 11 is 0. The van der Waals surface area contributed by atoms with E-state index < -0.39 is 11.8 Å². The summed E-state index contributed by atoms with van der Waals surface area (Å²) in [5.74, 6) is -1.84. The Balaban J connectivity index is 2.13. The fourth-order valence-electron chi connectivity index (χ4n) is 4.14. The zero-order valence-corrected chi connectivity index (χ0v) is 11.8. The predicted octanol–water partition coefficient (Wildman–Crippen LogP) is 1.10. The van der Waals surface area contributed by atoms with E-state index in [0.717, 1.165) is 6.42 Å². The van der Waals surface area contributed by atoms with Crippen molar-refractivity contribution in [2.24, 2.45) is 23.7 Å². The van der Waals surface area contributed by atoms with Gasteiger partial charge in [0.1, 0.15) is 0 Å². The second-order valence-corrected chi connectivity index (χ2v) is 5.53. The van der Waals surface area contributed by atoms with Gasteiger partial charge in [-0.3, -0.25) is 4.79 Å². The standard InChI is InChI=1S/C15H18O5/c1-18-14(17)10-7-11(16)15(19-2,20-3)13-9-5-4-8(6-9)12(10)13/h4-5,7-9,12-13H,6H2,1-3H3/t8-,9+,12+,13+/m0/s1. The molecule has 4 atom stereocenters. The Hall–Kier alpha value is -1.46. The first-order chi connectivity index (χ1) is 9.58. The number of ether oxygens (including phenoxy) is 3. The molecule has 5 nitrogen and oxygen atoms in total. The van der Waals surface area contributed by atoms with E-state index in [9.17, 15) is 9.59 Å². The number of carbonyl (C=O) groups is 2. The van der Waals surface area contributed by atoms with Crippen LogP contribution in [0.4, 0.5) is 0 Å². The lowest BCUT2D eigenvalue weighted by Gasteiger charge is -2.44. The van der Waals surface area contributed by atoms with E-state index in [1.54, 1.807) is 0 Å². The molecule has 108 valence electrons. The molecule has 3 aliphatic rings. The Bertz CT molecular complexity index is 514. The SMILES string of the molecule is COC(=O)C1=CC(=O)C(OC)(OC)[C@H]2[C@@H]1[C@H]1C=C[C@@H]2C1. The average molecular weight is 278 g/mol. The second kappa shape index (κ2) is 4.53. The molecule has 3 aliphatic carbocycles. The van der Waals surface area contributed by atoms with Crippen molar-refractivity contribution in [1.29, 1.82) is 0 Å². The zero-order valence-electron chi connectivity index (χ0n) is 11.8. The number of hydrogen-bond acceptors (Lipinski definition) is 5. The summed E-state index contributed by atoms with van der Waals surface area (Å²) < 4.78 is 15.8. The van der Waals surface area contributed by atoms with Gasteiger partial charge in [0, 0.05) is 31.6 Å². The lowest BCUT2D eigenvalue weighted by Crippen LogP contribution is -2.56. The quantitative estimate of drug-likeness (QED) is 0.439. The number of hydrogen-bond donors (Lipinski definition) is 0. The van der Waals surface area contributed by atoms with E-state index in [0.29, 0.717) is 5.57 Å². The fraction of sp³-hybridized carbons (Fsp3) is 0.600. The maximum atomic E-state index is 12.5. The summed E-state index contributed by atoms with van der Waals surface area (Å²) in [6.45, 7) is 0. The topological polar surface area (TPSA) is 61.8 Å². The van der Waals surface area contributed by atoms with E-state index in [1.165, 1.54) is 27.4 Å². The van der Waals surface area contributed by atoms with Gasteiger partial charge in [-0.15, -0.1) is 0 Å². The van der Waals surface area contributed by atoms with Gasteiger partial charge in [-0.25, -0.2) is 4.79 Å². The Morgan fingerprint density at radius 1 is 1.20 bits per heavy atom. The highest BCUT2D eigenvalue weighted by atomic mass is 16.7. The van der Waals surface area contributed by atoms with Crippen LogP contribution in [0.3, 0.4) is 0 Å². The van der Waals surface area contributed by atoms with Crippen molar-refractivity contribution in [3.05, 3.63) is 23.8 Å². The first-order valence-corrected chi connectivity index (χ1v) is 6.72. The van der Waals surface area contributed by atoms with E-state index in [1.807, 2.05) is 0 Å². The normalized spacial score (nSPS) is 36.8. The molecule has 0 amide bonds. The molecule has 0 radical (unpaired) electrons. The zero-order chi connectivity index (χ0) is 14.5. The van der Waals surface area contributed by atoms with Crippen molar-refractivity contribution < 1.29 is 23.8 Å². The van der Waals surface area contributed by atoms with Gasteiger partial charge in [0.25, 0.3) is 0 Å². The molecule has 1 saturated carbocycles. The molecule has 1 fully saturated rings. The minimum atomic E-state index is -1.29. The van der Waals surface area contributed by atoms with Crippen molar-refractivity contribution in [3.8, 4) is 0 Å². The van der Waals surface area contributed by atoms with Crippen LogP contribution in [0.15, 0.2) is 23.8 Å². The maximum Gasteiger partial charge on any atom is 0.334 e. The number of fused-ring (bicyclic) bond motifs is 5. The van der Waals surface area contributed by atoms with E-state index in [4.69, 9.17) is 14.2 Å². The molecule has 0 aromatic rings. The lowest BCUT2D eigenvalue weighted by atomic mass is 9.68. The Morgan fingerprint density at radius 2 is 1.85 bits per heavy atom. The number of carbonyl (C=O) groups excluding carboxylic acids is 2. The van der Waals surface area contributed by atoms with Crippen LogP contribution in [-0.2, 0) is 23.8 Å². The van der Waals surface area contributed by atoms with Gasteiger partial charge >= 0.3 is 5.97 Å². The van der Waals surface area contributed by atoms with Crippen molar-refractivity contribution in [3.63, 3.8) is 0 Å². The molecular weight excluding hydrogens is 260 g/mol. The van der Waals surface area contributed by atoms with Gasteiger partial charge < -0.3 is 14.2 Å². The molecule has 0 aliphatic heterocycles. The average Bonchev–Trinajstić information content (AvgIpc) is 3.08. The molecule has 0 heterocycles. The third-order valence-corrected chi connectivity index (χ3v) is 4.91. The number of allylic oxidation sites excluding steroid dienone is 2. The van der Waals surface area contributed by atoms with E-state index >= 15 is 0 Å². The predicted molar refractivity (Wildman–Crippen MR) is 69.6 cm³/mol. The first kappa shape index (κ1) is 13.5. The Kier molecular flexibility index (Phi) is 3.06. The molecule has 20 heavy (non-hydrogen) atoms. The second-order valence-electron chi connectivity index (χ2n) is 5.53. The maximum absolute atomic E-state index is 12.5. The van der Waals surface area contributed by atoms with Crippen LogP contribution >= 0.6 is 0 Å². The van der Waals surface area contributed by atoms with Crippen LogP contribution in [0.25, 0.3) is 0 Å². The minimum Gasteiger partial charge on any atom is -0.466 e. The van der Waals surface area contributed by atoms with Gasteiger partial charge in [0.15, 0.2) is 0 Å². The molecule has 0 saturated heterocycles. The summed E-state index contributed by atoms with van der Waals surface area (Å²) in [6.07, 6.45) is 6.49. The molecule has 0 N–H and O–H groups in total. The monoisotopic (exact) mass is 278 g/mol. The summed E-state index contributed by atoms with van der Waals surface area (Å²) in [6, 6.07) is 0. The van der Waals surface area contributed by atoms with Crippen LogP contribution in [0, 0.1) is 23.7 Å². The van der Waals surface area contributed by atoms with Gasteiger partial charge in [-0.05, 0) is 24.3 Å². The van der Waals surface area contributed by atoms with Crippen LogP contribution in [0.2, 0.25) is 0 Å². The van der Waals surface area contributed by atoms with E-state index in [2.05, 4.69) is 12.2 Å². The highest BCUT2D eigenvalue weighted by Gasteiger charge is 2.62. The highest BCUT2D eigenvalue weighted by molar-refractivity contribution is 6.05. The fourth-order valence-corrected chi connectivity index (χ4v) is 4.14. The van der Waals surface area contributed by atoms with Crippen molar-refractivity contribution in [1.82, 2.24) is 0 Å². The van der Waals surface area contributed by atoms with Crippen LogP contribution in [-0.4, -0.2) is 38.9 Å². The van der Waals surface area contributed by atoms with Crippen LogP contribution in [0.5, 0.6) is 0 Å². The van der Waals surface area contributed by atoms with Gasteiger partial charge in [0.2, 0.25) is 11.6 Å². The van der Waals surface area contributed by atoms with Crippen molar-refractivity contribution >= 4 is 11.8 Å². The molecule has 0 aromatic heterocycles. The molecule has 0 unspecified atom stereocenters. The van der Waals surface area contributed by atoms with Crippen molar-refractivity contribution in [2.75, 3.05) is 21.3 Å². The van der Waals surface area contributed by atoms with Gasteiger partial charge in [-0.1, -0.05) is 12.2 Å². The largest absolute Gasteiger partial charge is 0.466 e. The smallest absolute Gasteiger partial charge is 0.334 e. The Morgan fingerprint density at radius 3 is 2.45 bits per heavy atom. The molecule has 2 bridgehead atoms. The Labute approximate surface area is 117 Å². The number of methoxy groups -OCH3 is 3. The molecule has 3 rings (SSSR count). The minimum absolute atomic E-state index is 0.0740. The molecule has 0 aromatic carbocycles. The number of ketones is 1. The van der Waals surface area contributed by atoms with Gasteiger partial charge in [0.05, 0.1) is 7.11 Å². The number of rotatable bonds is 3. The molecule has 0 spiro atoms. The summed E-state index contributed by atoms with van der Waals surface area (Å²) in [5.41, 5.74) is 0.448. The third-order valence-electron chi connectivity index (χ3n) is 4.91. The van der Waals surface area contributed by atoms with E-state index in [-0.39, 0.29) is 29.5 Å². The van der Waals surface area contributed by atoms with Crippen molar-refractivity contribution in [2.45, 2.75) is 12.2 Å². The number of esters is 1. The molecular formula is C15H18O5. The third kappa shape index (κ3) is 1.50. The summed E-state index contributed by atoms with van der Waals surface area (Å²) in [5, 5.41) is 0. The van der Waals surface area contributed by atoms with Crippen LogP contribution in [0.1, 0.15) is 6.42 Å². The first-order valence-electron chi connectivity index (χ1n) is 6.72. The summed E-state index contributed by atoms with van der Waals surface area (Å²) in [4.78, 5) is 24.4. The van der Waals surface area contributed by atoms with Gasteiger partial charge in [-0.2, -0.15) is 0 Å².